The zero-order valence-electron chi connectivity index (χ0n) is 6.05. The van der Waals surface area contributed by atoms with Crippen LogP contribution in [0.2, 0.25) is 0 Å². The zero-order chi connectivity index (χ0) is 7.98. The second kappa shape index (κ2) is 4.75. The highest BCUT2D eigenvalue weighted by Gasteiger charge is 2.15. The van der Waals surface area contributed by atoms with Crippen molar-refractivity contribution in [2.45, 2.75) is 12.1 Å². The molecule has 0 amide bonds. The molecule has 0 aliphatic heterocycles. The molecule has 0 radical (unpaired) electrons. The Labute approximate surface area is 60.4 Å². The highest BCUT2D eigenvalue weighted by molar-refractivity contribution is 5.07. The normalized spacial score (nSPS) is 14.8. The maximum atomic E-state index is 8.46. The Bertz CT molecular complexity index is 144. The lowest BCUT2D eigenvalue weighted by molar-refractivity contribution is 0.550. The third kappa shape index (κ3) is 2.02. The van der Waals surface area contributed by atoms with Gasteiger partial charge in [-0.15, -0.1) is 0 Å². The van der Waals surface area contributed by atoms with Gasteiger partial charge in [0.15, 0.2) is 0 Å². The molecule has 10 heavy (non-hydrogen) atoms. The van der Waals surface area contributed by atoms with Gasteiger partial charge in [-0.05, 0) is 14.1 Å². The van der Waals surface area contributed by atoms with Crippen molar-refractivity contribution in [1.29, 1.82) is 10.5 Å². The standard InChI is InChI=1S/C6H10N4/c1-9-5(3-7)6(4-8)10-2/h5-6,9-10H,1-2H3. The lowest BCUT2D eigenvalue weighted by atomic mass is 10.1. The molecule has 0 aromatic heterocycles. The monoisotopic (exact) mass is 138 g/mol. The molecule has 0 aromatic rings. The predicted molar refractivity (Wildman–Crippen MR) is 36.9 cm³/mol. The van der Waals surface area contributed by atoms with E-state index in [4.69, 9.17) is 10.5 Å². The molecule has 0 aromatic carbocycles. The highest BCUT2D eigenvalue weighted by atomic mass is 15.0. The second-order valence-electron chi connectivity index (χ2n) is 1.79. The fraction of sp³-hybridized carbons (Fsp3) is 0.667. The summed E-state index contributed by atoms with van der Waals surface area (Å²) in [7, 11) is 3.30. The third-order valence-electron chi connectivity index (χ3n) is 1.23. The van der Waals surface area contributed by atoms with Gasteiger partial charge in [0.05, 0.1) is 12.1 Å². The van der Waals surface area contributed by atoms with Crippen LogP contribution in [-0.4, -0.2) is 26.2 Å². The average molecular weight is 138 g/mol. The summed E-state index contributed by atoms with van der Waals surface area (Å²) in [6.07, 6.45) is 0. The fourth-order valence-electron chi connectivity index (χ4n) is 0.612. The van der Waals surface area contributed by atoms with Gasteiger partial charge in [-0.25, -0.2) is 0 Å². The third-order valence-corrected chi connectivity index (χ3v) is 1.23. The number of nitrogens with one attached hydrogen (secondary N) is 2. The molecular formula is C6H10N4. The Hall–Kier alpha value is -1.10. The smallest absolute Gasteiger partial charge is 0.124 e. The van der Waals surface area contributed by atoms with Crippen LogP contribution in [0, 0.1) is 22.7 Å². The van der Waals surface area contributed by atoms with Gasteiger partial charge in [-0.2, -0.15) is 10.5 Å². The number of hydrogen-bond acceptors (Lipinski definition) is 4. The van der Waals surface area contributed by atoms with Crippen molar-refractivity contribution < 1.29 is 0 Å². The average Bonchev–Trinajstić information content (AvgIpc) is 2.00. The van der Waals surface area contributed by atoms with E-state index in [1.807, 2.05) is 12.1 Å². The fourth-order valence-corrected chi connectivity index (χ4v) is 0.612. The summed E-state index contributed by atoms with van der Waals surface area (Å²) in [5.74, 6) is 0. The Kier molecular flexibility index (Phi) is 4.23. The molecule has 0 spiro atoms. The molecule has 2 N–H and O–H groups in total. The van der Waals surface area contributed by atoms with Crippen molar-refractivity contribution in [2.75, 3.05) is 14.1 Å². The molecule has 2 atom stereocenters. The number of nitrogens with zero attached hydrogens (tertiary/aromatic N) is 2. The van der Waals surface area contributed by atoms with Crippen molar-refractivity contribution in [3.8, 4) is 12.1 Å². The summed E-state index contributed by atoms with van der Waals surface area (Å²) in [6, 6.07) is 3.04. The maximum Gasteiger partial charge on any atom is 0.124 e. The van der Waals surface area contributed by atoms with Crippen LogP contribution in [-0.2, 0) is 0 Å². The molecule has 54 valence electrons. The summed E-state index contributed by atoms with van der Waals surface area (Å²) in [5, 5.41) is 22.3. The molecular weight excluding hydrogens is 128 g/mol. The summed E-state index contributed by atoms with van der Waals surface area (Å²) >= 11 is 0. The van der Waals surface area contributed by atoms with E-state index < -0.39 is 12.1 Å². The number of rotatable bonds is 3. The van der Waals surface area contributed by atoms with Gasteiger partial charge < -0.3 is 10.6 Å². The highest BCUT2D eigenvalue weighted by Crippen LogP contribution is 1.87. The van der Waals surface area contributed by atoms with Crippen LogP contribution in [0.5, 0.6) is 0 Å². The predicted octanol–water partition coefficient (Wildman–Crippen LogP) is -0.790. The zero-order valence-corrected chi connectivity index (χ0v) is 6.05. The summed E-state index contributed by atoms with van der Waals surface area (Å²) in [6.45, 7) is 0. The van der Waals surface area contributed by atoms with E-state index in [0.717, 1.165) is 0 Å². The van der Waals surface area contributed by atoms with E-state index >= 15 is 0 Å². The summed E-state index contributed by atoms with van der Waals surface area (Å²) in [4.78, 5) is 0. The van der Waals surface area contributed by atoms with Crippen molar-refractivity contribution >= 4 is 0 Å². The largest absolute Gasteiger partial charge is 0.303 e. The van der Waals surface area contributed by atoms with Gasteiger partial charge in [0.1, 0.15) is 12.1 Å². The maximum absolute atomic E-state index is 8.46. The lowest BCUT2D eigenvalue weighted by Crippen LogP contribution is -2.43. The van der Waals surface area contributed by atoms with Crippen LogP contribution in [0.3, 0.4) is 0 Å². The number of likely N-dealkylation sites (N-methyl/N-ethyl adjacent to an activating group) is 2. The van der Waals surface area contributed by atoms with E-state index in [2.05, 4.69) is 10.6 Å². The Morgan fingerprint density at radius 2 is 1.30 bits per heavy atom. The van der Waals surface area contributed by atoms with E-state index in [9.17, 15) is 0 Å². The van der Waals surface area contributed by atoms with Crippen molar-refractivity contribution in [3.63, 3.8) is 0 Å². The quantitative estimate of drug-likeness (QED) is 0.536. The van der Waals surface area contributed by atoms with E-state index in [0.29, 0.717) is 0 Å². The Morgan fingerprint density at radius 1 is 1.00 bits per heavy atom. The first-order valence-electron chi connectivity index (χ1n) is 2.94. The first-order valence-corrected chi connectivity index (χ1v) is 2.94. The lowest BCUT2D eigenvalue weighted by Gasteiger charge is -2.12. The van der Waals surface area contributed by atoms with Gasteiger partial charge in [0.2, 0.25) is 0 Å². The van der Waals surface area contributed by atoms with Crippen molar-refractivity contribution in [2.24, 2.45) is 0 Å². The van der Waals surface area contributed by atoms with E-state index in [-0.39, 0.29) is 0 Å². The van der Waals surface area contributed by atoms with Crippen molar-refractivity contribution in [3.05, 3.63) is 0 Å². The van der Waals surface area contributed by atoms with Gasteiger partial charge in [-0.1, -0.05) is 0 Å². The van der Waals surface area contributed by atoms with Gasteiger partial charge in [-0.3, -0.25) is 0 Å². The molecule has 0 fully saturated rings. The molecule has 0 saturated heterocycles. The number of hydrogen-bond donors (Lipinski definition) is 2. The second-order valence-corrected chi connectivity index (χ2v) is 1.79. The molecule has 0 saturated carbocycles. The molecule has 4 heteroatoms. The first kappa shape index (κ1) is 8.90. The van der Waals surface area contributed by atoms with E-state index in [1.165, 1.54) is 0 Å². The van der Waals surface area contributed by atoms with Crippen LogP contribution in [0.15, 0.2) is 0 Å². The minimum Gasteiger partial charge on any atom is -0.303 e. The van der Waals surface area contributed by atoms with Crippen molar-refractivity contribution in [1.82, 2.24) is 10.6 Å². The Balaban J connectivity index is 4.02. The number of nitriles is 2. The molecule has 0 aliphatic carbocycles. The molecule has 0 aliphatic rings. The van der Waals surface area contributed by atoms with Crippen LogP contribution in [0.25, 0.3) is 0 Å². The van der Waals surface area contributed by atoms with Gasteiger partial charge in [0.25, 0.3) is 0 Å². The van der Waals surface area contributed by atoms with Gasteiger partial charge in [0, 0.05) is 0 Å². The minimum absolute atomic E-state index is 0.435. The molecule has 2 unspecified atom stereocenters. The van der Waals surface area contributed by atoms with E-state index in [1.54, 1.807) is 14.1 Å². The van der Waals surface area contributed by atoms with Gasteiger partial charge >= 0.3 is 0 Å². The topological polar surface area (TPSA) is 71.6 Å². The van der Waals surface area contributed by atoms with Crippen LogP contribution < -0.4 is 10.6 Å². The Morgan fingerprint density at radius 3 is 1.40 bits per heavy atom. The molecule has 0 bridgehead atoms. The minimum atomic E-state index is -0.435. The first-order chi connectivity index (χ1) is 4.79. The van der Waals surface area contributed by atoms with Crippen LogP contribution in [0.1, 0.15) is 0 Å². The van der Waals surface area contributed by atoms with Crippen LogP contribution >= 0.6 is 0 Å². The molecule has 4 nitrogen and oxygen atoms in total. The molecule has 0 rings (SSSR count). The summed E-state index contributed by atoms with van der Waals surface area (Å²) in [5.41, 5.74) is 0. The summed E-state index contributed by atoms with van der Waals surface area (Å²) < 4.78 is 0. The SMILES string of the molecule is CNC(C#N)C(C#N)NC. The van der Waals surface area contributed by atoms with Crippen LogP contribution in [0.4, 0.5) is 0 Å². The molecule has 0 heterocycles.